The molecule has 1 atom stereocenters. The number of likely N-dealkylation sites (tertiary alicyclic amines) is 1. The minimum Gasteiger partial charge on any atom is -0.496 e. The summed E-state index contributed by atoms with van der Waals surface area (Å²) < 4.78 is 43.4. The fourth-order valence-electron chi connectivity index (χ4n) is 6.70. The van der Waals surface area contributed by atoms with Crippen LogP contribution in [0, 0.1) is 5.41 Å². The van der Waals surface area contributed by atoms with Crippen LogP contribution in [0.1, 0.15) is 70.6 Å². The van der Waals surface area contributed by atoms with Gasteiger partial charge >= 0.3 is 5.97 Å². The molecule has 234 valence electrons. The predicted octanol–water partition coefficient (Wildman–Crippen LogP) is 7.97. The summed E-state index contributed by atoms with van der Waals surface area (Å²) in [5.41, 5.74) is 3.39. The Labute approximate surface area is 265 Å². The van der Waals surface area contributed by atoms with Crippen molar-refractivity contribution in [3.05, 3.63) is 93.8 Å². The van der Waals surface area contributed by atoms with Gasteiger partial charge in [0.15, 0.2) is 0 Å². The zero-order chi connectivity index (χ0) is 31.3. The van der Waals surface area contributed by atoms with Gasteiger partial charge < -0.3 is 19.1 Å². The van der Waals surface area contributed by atoms with E-state index in [1.807, 2.05) is 16.7 Å². The molecule has 1 aromatic heterocycles. The number of carboxylic acid groups (broad SMARTS) is 1. The molecule has 1 N–H and O–H groups in total. The Morgan fingerprint density at radius 2 is 1.93 bits per heavy atom. The molecule has 2 aliphatic heterocycles. The van der Waals surface area contributed by atoms with Gasteiger partial charge in [-0.05, 0) is 98.8 Å². The summed E-state index contributed by atoms with van der Waals surface area (Å²) in [6.07, 6.45) is 4.14. The van der Waals surface area contributed by atoms with Crippen molar-refractivity contribution >= 4 is 34.4 Å². The molecule has 2 fully saturated rings. The molecule has 4 aromatic rings. The number of imidazole rings is 1. The van der Waals surface area contributed by atoms with E-state index in [0.717, 1.165) is 61.2 Å². The van der Waals surface area contributed by atoms with Crippen molar-refractivity contribution in [2.45, 2.75) is 50.8 Å². The maximum absolute atomic E-state index is 15.5. The van der Waals surface area contributed by atoms with Gasteiger partial charge in [0.25, 0.3) is 0 Å². The normalized spacial score (nSPS) is 19.6. The van der Waals surface area contributed by atoms with Gasteiger partial charge in [-0.1, -0.05) is 23.7 Å². The zero-order valence-electron chi connectivity index (χ0n) is 24.9. The number of aromatic carboxylic acids is 1. The van der Waals surface area contributed by atoms with Crippen molar-refractivity contribution in [1.82, 2.24) is 14.5 Å². The summed E-state index contributed by atoms with van der Waals surface area (Å²) in [7, 11) is 1.55. The first kappa shape index (κ1) is 29.7. The van der Waals surface area contributed by atoms with E-state index >= 15 is 4.39 Å². The Bertz CT molecular complexity index is 1810. The van der Waals surface area contributed by atoms with Crippen LogP contribution < -0.4 is 9.47 Å². The van der Waals surface area contributed by atoms with Crippen LogP contribution >= 0.6 is 11.6 Å². The highest BCUT2D eigenvalue weighted by molar-refractivity contribution is 6.30. The molecule has 7 nitrogen and oxygen atoms in total. The number of carboxylic acids is 1. The van der Waals surface area contributed by atoms with Crippen LogP contribution in [0.4, 0.5) is 8.78 Å². The van der Waals surface area contributed by atoms with E-state index in [4.69, 9.17) is 26.1 Å². The Morgan fingerprint density at radius 3 is 2.64 bits per heavy atom. The minimum atomic E-state index is -0.999. The first-order valence-electron chi connectivity index (χ1n) is 15.3. The molecule has 3 aromatic carbocycles. The third-order valence-corrected chi connectivity index (χ3v) is 9.78. The van der Waals surface area contributed by atoms with Crippen molar-refractivity contribution in [3.8, 4) is 11.5 Å². The number of piperidine rings is 1. The third-order valence-electron chi connectivity index (χ3n) is 9.55. The number of benzene rings is 3. The van der Waals surface area contributed by atoms with Gasteiger partial charge in [-0.15, -0.1) is 0 Å². The van der Waals surface area contributed by atoms with Crippen molar-refractivity contribution in [1.29, 1.82) is 0 Å². The van der Waals surface area contributed by atoms with Crippen LogP contribution in [0.5, 0.6) is 11.5 Å². The first-order chi connectivity index (χ1) is 21.8. The predicted molar refractivity (Wildman–Crippen MR) is 168 cm³/mol. The molecule has 10 heteroatoms. The highest BCUT2D eigenvalue weighted by atomic mass is 35.5. The number of para-hydroxylation sites is 1. The standard InChI is InChI=1S/C35H34ClF2N3O4/c1-44-30-16-23(36)6-7-26(30)31-17-27(38)25-4-2-3-24(33(25)45-31)21-9-13-40(14-10-21)18-32-39-28-8-5-22(34(42)43)15-29(28)41(32)20-35(19-37)11-12-35/h2-8,15-17,21,31H,9-14,18-20H2,1H3,(H,42,43). The maximum atomic E-state index is 15.5. The number of hydrogen-bond donors (Lipinski definition) is 1. The van der Waals surface area contributed by atoms with E-state index in [1.165, 1.54) is 6.08 Å². The lowest BCUT2D eigenvalue weighted by molar-refractivity contribution is 0.0697. The molecule has 45 heavy (non-hydrogen) atoms. The van der Waals surface area contributed by atoms with E-state index in [1.54, 1.807) is 49.6 Å². The summed E-state index contributed by atoms with van der Waals surface area (Å²) in [5, 5.41) is 10.1. The molecule has 0 amide bonds. The van der Waals surface area contributed by atoms with Gasteiger partial charge in [-0.3, -0.25) is 9.29 Å². The second kappa shape index (κ2) is 11.8. The molecule has 1 saturated carbocycles. The molecular weight excluding hydrogens is 600 g/mol. The third kappa shape index (κ3) is 5.68. The fraction of sp³-hybridized carbons (Fsp3) is 0.371. The number of fused-ring (bicyclic) bond motifs is 2. The van der Waals surface area contributed by atoms with Crippen LogP contribution in [0.3, 0.4) is 0 Å². The number of alkyl halides is 1. The molecular formula is C35H34ClF2N3O4. The Morgan fingerprint density at radius 1 is 1.13 bits per heavy atom. The molecule has 0 bridgehead atoms. The fourth-order valence-corrected chi connectivity index (χ4v) is 6.87. The lowest BCUT2D eigenvalue weighted by Crippen LogP contribution is -2.34. The lowest BCUT2D eigenvalue weighted by atomic mass is 9.86. The zero-order valence-corrected chi connectivity index (χ0v) is 25.7. The number of hydrogen-bond acceptors (Lipinski definition) is 5. The second-order valence-corrected chi connectivity index (χ2v) is 12.9. The molecule has 7 rings (SSSR count). The molecule has 3 aliphatic rings. The first-order valence-corrected chi connectivity index (χ1v) is 15.7. The number of nitrogens with zero attached hydrogens (tertiary/aromatic N) is 3. The number of carbonyl (C=O) groups is 1. The van der Waals surface area contributed by atoms with Crippen molar-refractivity contribution in [2.75, 3.05) is 26.9 Å². The highest BCUT2D eigenvalue weighted by Gasteiger charge is 2.44. The highest BCUT2D eigenvalue weighted by Crippen LogP contribution is 2.49. The molecule has 0 spiro atoms. The van der Waals surface area contributed by atoms with E-state index in [9.17, 15) is 14.3 Å². The number of methoxy groups -OCH3 is 1. The summed E-state index contributed by atoms with van der Waals surface area (Å²) in [5.74, 6) is 0.765. The molecule has 1 aliphatic carbocycles. The quantitative estimate of drug-likeness (QED) is 0.201. The van der Waals surface area contributed by atoms with Crippen molar-refractivity contribution < 1.29 is 28.2 Å². The average molecular weight is 634 g/mol. The minimum absolute atomic E-state index is 0.174. The van der Waals surface area contributed by atoms with Gasteiger partial charge in [0, 0.05) is 22.5 Å². The summed E-state index contributed by atoms with van der Waals surface area (Å²) in [4.78, 5) is 18.9. The molecule has 3 heterocycles. The second-order valence-electron chi connectivity index (χ2n) is 12.5. The van der Waals surface area contributed by atoms with Gasteiger partial charge in [0.05, 0.1) is 42.5 Å². The van der Waals surface area contributed by atoms with E-state index in [0.29, 0.717) is 40.7 Å². The van der Waals surface area contributed by atoms with Gasteiger partial charge in [-0.25, -0.2) is 14.2 Å². The maximum Gasteiger partial charge on any atom is 0.335 e. The molecule has 1 unspecified atom stereocenters. The van der Waals surface area contributed by atoms with Crippen LogP contribution in [0.15, 0.2) is 60.7 Å². The van der Waals surface area contributed by atoms with E-state index < -0.39 is 24.2 Å². The average Bonchev–Trinajstić information content (AvgIpc) is 3.75. The number of rotatable bonds is 9. The molecule has 0 radical (unpaired) electrons. The van der Waals surface area contributed by atoms with Crippen molar-refractivity contribution in [3.63, 3.8) is 0 Å². The van der Waals surface area contributed by atoms with Gasteiger partial charge in [0.1, 0.15) is 29.3 Å². The number of aromatic nitrogens is 2. The van der Waals surface area contributed by atoms with Gasteiger partial charge in [-0.2, -0.15) is 0 Å². The van der Waals surface area contributed by atoms with E-state index in [-0.39, 0.29) is 17.3 Å². The Balaban J connectivity index is 1.11. The topological polar surface area (TPSA) is 76.8 Å². The molecule has 1 saturated heterocycles. The van der Waals surface area contributed by atoms with Gasteiger partial charge in [0.2, 0.25) is 0 Å². The number of halogens is 3. The monoisotopic (exact) mass is 633 g/mol. The number of ether oxygens (including phenoxy) is 2. The largest absolute Gasteiger partial charge is 0.496 e. The lowest BCUT2D eigenvalue weighted by Gasteiger charge is -2.34. The Hall–Kier alpha value is -3.95. The van der Waals surface area contributed by atoms with Crippen LogP contribution in [-0.2, 0) is 13.1 Å². The summed E-state index contributed by atoms with van der Waals surface area (Å²) >= 11 is 6.16. The van der Waals surface area contributed by atoms with Crippen LogP contribution in [-0.4, -0.2) is 52.4 Å². The SMILES string of the molecule is COc1cc(Cl)ccc1C1C=C(F)c2cccc(C3CCN(Cc4nc5ccc(C(=O)O)cc5n4CC4(CF)CC4)CC3)c2O1. The van der Waals surface area contributed by atoms with Crippen molar-refractivity contribution in [2.24, 2.45) is 5.41 Å². The van der Waals surface area contributed by atoms with Crippen LogP contribution in [0.2, 0.25) is 5.02 Å². The summed E-state index contributed by atoms with van der Waals surface area (Å²) in [6.45, 7) is 2.24. The Kier molecular flexibility index (Phi) is 7.78. The van der Waals surface area contributed by atoms with E-state index in [2.05, 4.69) is 4.90 Å². The smallest absolute Gasteiger partial charge is 0.335 e. The van der Waals surface area contributed by atoms with Crippen LogP contribution in [0.25, 0.3) is 16.9 Å². The summed E-state index contributed by atoms with van der Waals surface area (Å²) in [6, 6.07) is 15.8.